The molecule has 0 atom stereocenters. The van der Waals surface area contributed by atoms with Crippen LogP contribution in [0.2, 0.25) is 0 Å². The molecule has 21 heavy (non-hydrogen) atoms. The maximum atomic E-state index is 13.1. The zero-order chi connectivity index (χ0) is 15.6. The predicted octanol–water partition coefficient (Wildman–Crippen LogP) is 2.22. The summed E-state index contributed by atoms with van der Waals surface area (Å²) in [5, 5.41) is 6.85. The summed E-state index contributed by atoms with van der Waals surface area (Å²) < 4.78 is 54.9. The number of amides is 1. The molecule has 2 aromatic rings. The standard InChI is InChI=1S/C11H8F4N4O2/c1-21-7-3-2-5(12)4-6(7)8(20)16-10-17-9(18-19-10)11(13,14)15/h2-4H,1H3,(H2,16,17,18,19,20). The maximum Gasteiger partial charge on any atom is 0.451 e. The zero-order valence-electron chi connectivity index (χ0n) is 10.5. The van der Waals surface area contributed by atoms with E-state index in [9.17, 15) is 22.4 Å². The summed E-state index contributed by atoms with van der Waals surface area (Å²) >= 11 is 0. The highest BCUT2D eigenvalue weighted by Gasteiger charge is 2.35. The smallest absolute Gasteiger partial charge is 0.451 e. The average molecular weight is 304 g/mol. The van der Waals surface area contributed by atoms with E-state index in [0.29, 0.717) is 0 Å². The largest absolute Gasteiger partial charge is 0.496 e. The highest BCUT2D eigenvalue weighted by Crippen LogP contribution is 2.26. The number of nitrogens with one attached hydrogen (secondary N) is 2. The SMILES string of the molecule is COc1ccc(F)cc1C(=O)Nc1n[nH]c(C(F)(F)F)n1. The van der Waals surface area contributed by atoms with Crippen LogP contribution >= 0.6 is 0 Å². The molecule has 0 radical (unpaired) electrons. The second-order valence-electron chi connectivity index (χ2n) is 3.80. The lowest BCUT2D eigenvalue weighted by atomic mass is 10.2. The summed E-state index contributed by atoms with van der Waals surface area (Å²) in [6.45, 7) is 0. The van der Waals surface area contributed by atoms with Crippen molar-refractivity contribution in [3.8, 4) is 5.75 Å². The molecule has 2 N–H and O–H groups in total. The third kappa shape index (κ3) is 3.27. The van der Waals surface area contributed by atoms with Gasteiger partial charge < -0.3 is 4.74 Å². The number of methoxy groups -OCH3 is 1. The van der Waals surface area contributed by atoms with Crippen LogP contribution in [0.15, 0.2) is 18.2 Å². The summed E-state index contributed by atoms with van der Waals surface area (Å²) in [6, 6.07) is 3.17. The summed E-state index contributed by atoms with van der Waals surface area (Å²) in [5.41, 5.74) is -0.198. The van der Waals surface area contributed by atoms with Gasteiger partial charge in [0.1, 0.15) is 11.6 Å². The molecule has 1 heterocycles. The number of alkyl halides is 3. The van der Waals surface area contributed by atoms with Crippen molar-refractivity contribution < 1.29 is 27.1 Å². The third-order valence-electron chi connectivity index (χ3n) is 2.39. The first kappa shape index (κ1) is 14.8. The van der Waals surface area contributed by atoms with E-state index in [4.69, 9.17) is 4.74 Å². The lowest BCUT2D eigenvalue weighted by Crippen LogP contribution is -2.15. The van der Waals surface area contributed by atoms with Gasteiger partial charge in [0.25, 0.3) is 5.91 Å². The van der Waals surface area contributed by atoms with Gasteiger partial charge in [-0.15, -0.1) is 5.10 Å². The molecule has 6 nitrogen and oxygen atoms in total. The van der Waals surface area contributed by atoms with Crippen molar-refractivity contribution in [2.45, 2.75) is 6.18 Å². The molecule has 0 aliphatic heterocycles. The summed E-state index contributed by atoms with van der Waals surface area (Å²) in [4.78, 5) is 14.9. The summed E-state index contributed by atoms with van der Waals surface area (Å²) in [6.07, 6.45) is -4.72. The zero-order valence-corrected chi connectivity index (χ0v) is 10.5. The molecule has 1 amide bonds. The Kier molecular flexibility index (Phi) is 3.78. The number of carbonyl (C=O) groups excluding carboxylic acids is 1. The van der Waals surface area contributed by atoms with Crippen LogP contribution in [0.25, 0.3) is 0 Å². The lowest BCUT2D eigenvalue weighted by Gasteiger charge is -2.07. The molecule has 2 rings (SSSR count). The van der Waals surface area contributed by atoms with Crippen molar-refractivity contribution in [1.82, 2.24) is 15.2 Å². The molecule has 10 heteroatoms. The van der Waals surface area contributed by atoms with E-state index >= 15 is 0 Å². The summed E-state index contributed by atoms with van der Waals surface area (Å²) in [7, 11) is 1.26. The van der Waals surface area contributed by atoms with Crippen LogP contribution in [0.4, 0.5) is 23.5 Å². The minimum atomic E-state index is -4.72. The van der Waals surface area contributed by atoms with Gasteiger partial charge in [-0.05, 0) is 18.2 Å². The van der Waals surface area contributed by atoms with Gasteiger partial charge in [0, 0.05) is 0 Å². The van der Waals surface area contributed by atoms with Crippen molar-refractivity contribution in [1.29, 1.82) is 0 Å². The van der Waals surface area contributed by atoms with Crippen LogP contribution < -0.4 is 10.1 Å². The van der Waals surface area contributed by atoms with Crippen LogP contribution in [-0.2, 0) is 6.18 Å². The first-order valence-corrected chi connectivity index (χ1v) is 5.45. The Morgan fingerprint density at radius 2 is 2.10 bits per heavy atom. The second-order valence-corrected chi connectivity index (χ2v) is 3.80. The number of benzene rings is 1. The molecule has 1 aromatic heterocycles. The second kappa shape index (κ2) is 5.38. The number of aromatic amines is 1. The molecule has 0 spiro atoms. The Hall–Kier alpha value is -2.65. The Bertz CT molecular complexity index is 668. The van der Waals surface area contributed by atoms with E-state index < -0.39 is 29.7 Å². The van der Waals surface area contributed by atoms with E-state index in [1.807, 2.05) is 5.32 Å². The minimum absolute atomic E-state index is 0.0560. The van der Waals surface area contributed by atoms with Gasteiger partial charge in [-0.2, -0.15) is 18.2 Å². The fourth-order valence-electron chi connectivity index (χ4n) is 1.47. The average Bonchev–Trinajstić information content (AvgIpc) is 2.87. The van der Waals surface area contributed by atoms with Gasteiger partial charge >= 0.3 is 6.18 Å². The Balaban J connectivity index is 2.22. The molecule has 1 aromatic carbocycles. The number of nitrogens with zero attached hydrogens (tertiary/aromatic N) is 2. The quantitative estimate of drug-likeness (QED) is 0.852. The molecule has 0 fully saturated rings. The van der Waals surface area contributed by atoms with Gasteiger partial charge in [-0.1, -0.05) is 0 Å². The highest BCUT2D eigenvalue weighted by atomic mass is 19.4. The van der Waals surface area contributed by atoms with E-state index in [-0.39, 0.29) is 11.3 Å². The van der Waals surface area contributed by atoms with Crippen LogP contribution in [0, 0.1) is 5.82 Å². The minimum Gasteiger partial charge on any atom is -0.496 e. The fourth-order valence-corrected chi connectivity index (χ4v) is 1.47. The highest BCUT2D eigenvalue weighted by molar-refractivity contribution is 6.05. The first-order chi connectivity index (χ1) is 9.81. The number of H-pyrrole nitrogens is 1. The molecule has 0 unspecified atom stereocenters. The number of carbonyl (C=O) groups is 1. The molecule has 0 aliphatic rings. The van der Waals surface area contributed by atoms with Crippen LogP contribution in [0.1, 0.15) is 16.2 Å². The topological polar surface area (TPSA) is 79.9 Å². The lowest BCUT2D eigenvalue weighted by molar-refractivity contribution is -0.144. The van der Waals surface area contributed by atoms with Gasteiger partial charge in [0.05, 0.1) is 12.7 Å². The van der Waals surface area contributed by atoms with Gasteiger partial charge in [0.2, 0.25) is 11.8 Å². The first-order valence-electron chi connectivity index (χ1n) is 5.45. The summed E-state index contributed by atoms with van der Waals surface area (Å²) in [5.74, 6) is -3.49. The number of anilines is 1. The maximum absolute atomic E-state index is 13.1. The molecule has 112 valence electrons. The molecule has 0 aliphatic carbocycles. The predicted molar refractivity (Wildman–Crippen MR) is 62.3 cm³/mol. The van der Waals surface area contributed by atoms with Crippen molar-refractivity contribution in [3.63, 3.8) is 0 Å². The van der Waals surface area contributed by atoms with Crippen molar-refractivity contribution in [3.05, 3.63) is 35.4 Å². The molecular weight excluding hydrogens is 296 g/mol. The Labute approximate surface area is 115 Å². The van der Waals surface area contributed by atoms with E-state index in [0.717, 1.165) is 12.1 Å². The number of hydrogen-bond acceptors (Lipinski definition) is 4. The van der Waals surface area contributed by atoms with Crippen LogP contribution in [-0.4, -0.2) is 28.2 Å². The van der Waals surface area contributed by atoms with Crippen LogP contribution in [0.5, 0.6) is 5.75 Å². The van der Waals surface area contributed by atoms with Crippen molar-refractivity contribution in [2.24, 2.45) is 0 Å². The van der Waals surface area contributed by atoms with E-state index in [1.54, 1.807) is 5.10 Å². The van der Waals surface area contributed by atoms with Gasteiger partial charge in [0.15, 0.2) is 0 Å². The Morgan fingerprint density at radius 3 is 2.67 bits per heavy atom. The normalized spacial score (nSPS) is 11.3. The number of aromatic nitrogens is 3. The number of rotatable bonds is 3. The third-order valence-corrected chi connectivity index (χ3v) is 2.39. The van der Waals surface area contributed by atoms with Gasteiger partial charge in [-0.3, -0.25) is 15.2 Å². The number of ether oxygens (including phenoxy) is 1. The molecule has 0 bridgehead atoms. The molecule has 0 saturated carbocycles. The van der Waals surface area contributed by atoms with Crippen molar-refractivity contribution in [2.75, 3.05) is 12.4 Å². The molecular formula is C11H8F4N4O2. The number of halogens is 4. The molecule has 0 saturated heterocycles. The van der Waals surface area contributed by atoms with E-state index in [1.165, 1.54) is 13.2 Å². The monoisotopic (exact) mass is 304 g/mol. The number of hydrogen-bond donors (Lipinski definition) is 2. The van der Waals surface area contributed by atoms with Crippen LogP contribution in [0.3, 0.4) is 0 Å². The van der Waals surface area contributed by atoms with Gasteiger partial charge in [-0.25, -0.2) is 4.39 Å². The van der Waals surface area contributed by atoms with Crippen molar-refractivity contribution >= 4 is 11.9 Å². The fraction of sp³-hybridized carbons (Fsp3) is 0.182. The van der Waals surface area contributed by atoms with E-state index in [2.05, 4.69) is 10.1 Å². The Morgan fingerprint density at radius 1 is 1.38 bits per heavy atom.